The van der Waals surface area contributed by atoms with Gasteiger partial charge in [0.25, 0.3) is 10.0 Å². The Morgan fingerprint density at radius 3 is 2.24 bits per heavy atom. The van der Waals surface area contributed by atoms with Gasteiger partial charge >= 0.3 is 0 Å². The first-order valence-electron chi connectivity index (χ1n) is 5.68. The molecule has 1 aromatic carbocycles. The minimum absolute atomic E-state index is 0.301. The Hall–Kier alpha value is -1.29. The van der Waals surface area contributed by atoms with Crippen LogP contribution in [0.2, 0.25) is 0 Å². The van der Waals surface area contributed by atoms with Crippen LogP contribution in [0.4, 0.5) is 0 Å². The van der Waals surface area contributed by atoms with E-state index in [4.69, 9.17) is 0 Å². The number of rotatable bonds is 2. The Kier molecular flexibility index (Phi) is 3.00. The van der Waals surface area contributed by atoms with E-state index in [9.17, 15) is 8.42 Å². The summed E-state index contributed by atoms with van der Waals surface area (Å²) in [6.07, 6.45) is 1.74. The zero-order valence-corrected chi connectivity index (χ0v) is 11.2. The van der Waals surface area contributed by atoms with Crippen molar-refractivity contribution in [3.63, 3.8) is 0 Å². The van der Waals surface area contributed by atoms with Crippen molar-refractivity contribution < 1.29 is 8.42 Å². The van der Waals surface area contributed by atoms with Gasteiger partial charge in [0, 0.05) is 12.7 Å². The fourth-order valence-corrected chi connectivity index (χ4v) is 3.31. The SMILES string of the molecule is CC1=CN(S(=O)(=O)c2ccc(C)cc2)CC1C. The zero-order chi connectivity index (χ0) is 12.6. The van der Waals surface area contributed by atoms with Crippen LogP contribution in [0.15, 0.2) is 40.9 Å². The monoisotopic (exact) mass is 251 g/mol. The molecular formula is C13H17NO2S. The van der Waals surface area contributed by atoms with Crippen LogP contribution >= 0.6 is 0 Å². The molecule has 0 saturated carbocycles. The number of sulfonamides is 1. The lowest BCUT2D eigenvalue weighted by Gasteiger charge is -2.17. The molecule has 92 valence electrons. The molecule has 0 fully saturated rings. The van der Waals surface area contributed by atoms with Crippen molar-refractivity contribution in [3.8, 4) is 0 Å². The van der Waals surface area contributed by atoms with Crippen LogP contribution in [-0.4, -0.2) is 19.3 Å². The molecule has 1 atom stereocenters. The fourth-order valence-electron chi connectivity index (χ4n) is 1.83. The van der Waals surface area contributed by atoms with E-state index in [1.807, 2.05) is 32.9 Å². The van der Waals surface area contributed by atoms with Crippen LogP contribution in [-0.2, 0) is 10.0 Å². The number of hydrogen-bond donors (Lipinski definition) is 0. The molecule has 0 bridgehead atoms. The van der Waals surface area contributed by atoms with Gasteiger partial charge in [0.15, 0.2) is 0 Å². The van der Waals surface area contributed by atoms with E-state index in [0.29, 0.717) is 17.4 Å². The van der Waals surface area contributed by atoms with Gasteiger partial charge in [-0.1, -0.05) is 30.2 Å². The lowest BCUT2D eigenvalue weighted by molar-refractivity contribution is 0.489. The molecule has 1 aliphatic rings. The van der Waals surface area contributed by atoms with Crippen LogP contribution < -0.4 is 0 Å². The first-order chi connectivity index (χ1) is 7.91. The smallest absolute Gasteiger partial charge is 0.263 e. The molecule has 1 heterocycles. The van der Waals surface area contributed by atoms with Crippen molar-refractivity contribution in [2.75, 3.05) is 6.54 Å². The summed E-state index contributed by atoms with van der Waals surface area (Å²) in [6.45, 7) is 6.49. The van der Waals surface area contributed by atoms with Crippen molar-refractivity contribution in [2.45, 2.75) is 25.7 Å². The summed E-state index contributed by atoms with van der Waals surface area (Å²) in [4.78, 5) is 0.362. The molecule has 1 aliphatic heterocycles. The number of aryl methyl sites for hydroxylation is 1. The first kappa shape index (κ1) is 12.2. The van der Waals surface area contributed by atoms with Crippen molar-refractivity contribution in [1.29, 1.82) is 0 Å². The topological polar surface area (TPSA) is 37.4 Å². The molecule has 0 aromatic heterocycles. The van der Waals surface area contributed by atoms with Crippen molar-refractivity contribution in [3.05, 3.63) is 41.6 Å². The summed E-state index contributed by atoms with van der Waals surface area (Å²) >= 11 is 0. The normalized spacial score (nSPS) is 20.5. The van der Waals surface area contributed by atoms with E-state index >= 15 is 0 Å². The summed E-state index contributed by atoms with van der Waals surface area (Å²) in [6, 6.07) is 6.97. The molecule has 0 spiro atoms. The minimum Gasteiger partial charge on any atom is -0.273 e. The molecular weight excluding hydrogens is 234 g/mol. The third-order valence-corrected chi connectivity index (χ3v) is 4.95. The molecule has 1 aromatic rings. The second kappa shape index (κ2) is 4.18. The van der Waals surface area contributed by atoms with E-state index in [2.05, 4.69) is 0 Å². The number of benzene rings is 1. The van der Waals surface area contributed by atoms with E-state index in [-0.39, 0.29) is 0 Å². The summed E-state index contributed by atoms with van der Waals surface area (Å²) in [5, 5.41) is 0. The molecule has 0 aliphatic carbocycles. The molecule has 0 amide bonds. The van der Waals surface area contributed by atoms with Gasteiger partial charge in [-0.05, 0) is 31.9 Å². The van der Waals surface area contributed by atoms with Crippen LogP contribution in [0.1, 0.15) is 19.4 Å². The molecule has 2 rings (SSSR count). The molecule has 0 saturated heterocycles. The average Bonchev–Trinajstić information content (AvgIpc) is 2.60. The van der Waals surface area contributed by atoms with Gasteiger partial charge in [-0.15, -0.1) is 0 Å². The molecule has 0 radical (unpaired) electrons. The summed E-state index contributed by atoms with van der Waals surface area (Å²) in [5.41, 5.74) is 2.17. The highest BCUT2D eigenvalue weighted by atomic mass is 32.2. The quantitative estimate of drug-likeness (QED) is 0.810. The van der Waals surface area contributed by atoms with Gasteiger partial charge in [-0.3, -0.25) is 4.31 Å². The van der Waals surface area contributed by atoms with E-state index < -0.39 is 10.0 Å². The minimum atomic E-state index is -3.36. The second-order valence-corrected chi connectivity index (χ2v) is 6.55. The zero-order valence-electron chi connectivity index (χ0n) is 10.3. The Bertz CT molecular complexity index is 543. The molecule has 4 heteroatoms. The number of hydrogen-bond acceptors (Lipinski definition) is 2. The Balaban J connectivity index is 2.35. The predicted molar refractivity (Wildman–Crippen MR) is 68.0 cm³/mol. The Labute approximate surface area is 103 Å². The van der Waals surface area contributed by atoms with Crippen molar-refractivity contribution in [2.24, 2.45) is 5.92 Å². The van der Waals surface area contributed by atoms with E-state index in [1.54, 1.807) is 18.3 Å². The third-order valence-electron chi connectivity index (χ3n) is 3.21. The lowest BCUT2D eigenvalue weighted by atomic mass is 10.1. The van der Waals surface area contributed by atoms with Gasteiger partial charge in [-0.25, -0.2) is 8.42 Å². The average molecular weight is 251 g/mol. The predicted octanol–water partition coefficient (Wildman–Crippen LogP) is 2.54. The highest BCUT2D eigenvalue weighted by molar-refractivity contribution is 7.89. The fraction of sp³-hybridized carbons (Fsp3) is 0.385. The van der Waals surface area contributed by atoms with Crippen molar-refractivity contribution >= 4 is 10.0 Å². The standard InChI is InChI=1S/C13H17NO2S/c1-10-4-6-13(7-5-10)17(15,16)14-8-11(2)12(3)9-14/h4-8,12H,9H2,1-3H3. The summed E-state index contributed by atoms with van der Waals surface area (Å²) < 4.78 is 26.1. The van der Waals surface area contributed by atoms with Crippen LogP contribution in [0.3, 0.4) is 0 Å². The van der Waals surface area contributed by atoms with Gasteiger partial charge < -0.3 is 0 Å². The Morgan fingerprint density at radius 2 is 1.76 bits per heavy atom. The highest BCUT2D eigenvalue weighted by Crippen LogP contribution is 2.26. The van der Waals surface area contributed by atoms with E-state index in [1.165, 1.54) is 4.31 Å². The number of nitrogens with zero attached hydrogens (tertiary/aromatic N) is 1. The highest BCUT2D eigenvalue weighted by Gasteiger charge is 2.28. The largest absolute Gasteiger partial charge is 0.273 e. The lowest BCUT2D eigenvalue weighted by Crippen LogP contribution is -2.25. The second-order valence-electron chi connectivity index (χ2n) is 4.66. The maximum absolute atomic E-state index is 12.3. The van der Waals surface area contributed by atoms with Gasteiger partial charge in [0.05, 0.1) is 4.90 Å². The van der Waals surface area contributed by atoms with E-state index in [0.717, 1.165) is 11.1 Å². The summed E-state index contributed by atoms with van der Waals surface area (Å²) in [7, 11) is -3.36. The van der Waals surface area contributed by atoms with Crippen LogP contribution in [0.5, 0.6) is 0 Å². The van der Waals surface area contributed by atoms with Crippen LogP contribution in [0.25, 0.3) is 0 Å². The van der Waals surface area contributed by atoms with Gasteiger partial charge in [-0.2, -0.15) is 0 Å². The van der Waals surface area contributed by atoms with Crippen molar-refractivity contribution in [1.82, 2.24) is 4.31 Å². The molecule has 3 nitrogen and oxygen atoms in total. The third kappa shape index (κ3) is 2.22. The van der Waals surface area contributed by atoms with Crippen LogP contribution in [0, 0.1) is 12.8 Å². The Morgan fingerprint density at radius 1 is 1.18 bits per heavy atom. The van der Waals surface area contributed by atoms with Gasteiger partial charge in [0.1, 0.15) is 0 Å². The summed E-state index contributed by atoms with van der Waals surface area (Å²) in [5.74, 6) is 0.301. The first-order valence-corrected chi connectivity index (χ1v) is 7.12. The van der Waals surface area contributed by atoms with Gasteiger partial charge in [0.2, 0.25) is 0 Å². The maximum atomic E-state index is 12.3. The molecule has 1 unspecified atom stereocenters. The molecule has 17 heavy (non-hydrogen) atoms. The molecule has 0 N–H and O–H groups in total. The maximum Gasteiger partial charge on any atom is 0.263 e.